The second kappa shape index (κ2) is 15.3. The van der Waals surface area contributed by atoms with Crippen molar-refractivity contribution in [2.45, 2.75) is 86.0 Å². The number of benzene rings is 3. The SMILES string of the molecule is CCCCCCCCOc1ccc(-c2nc(-c3ccccc3C)nc(-c3ccc(C)cc3C)n2)c(OCCCC)c1. The Morgan fingerprint density at radius 2 is 1.15 bits per heavy atom. The summed E-state index contributed by atoms with van der Waals surface area (Å²) in [5, 5.41) is 0. The molecular weight excluding hydrogens is 506 g/mol. The van der Waals surface area contributed by atoms with Crippen LogP contribution in [-0.2, 0) is 0 Å². The Morgan fingerprint density at radius 1 is 0.537 bits per heavy atom. The van der Waals surface area contributed by atoms with Crippen LogP contribution in [0.1, 0.15) is 81.9 Å². The highest BCUT2D eigenvalue weighted by Gasteiger charge is 2.18. The minimum absolute atomic E-state index is 0.599. The van der Waals surface area contributed by atoms with Crippen LogP contribution in [0.25, 0.3) is 34.2 Å². The fourth-order valence-corrected chi connectivity index (χ4v) is 4.92. The van der Waals surface area contributed by atoms with E-state index >= 15 is 0 Å². The van der Waals surface area contributed by atoms with Gasteiger partial charge < -0.3 is 9.47 Å². The third-order valence-electron chi connectivity index (χ3n) is 7.36. The van der Waals surface area contributed by atoms with Crippen molar-refractivity contribution in [3.63, 3.8) is 0 Å². The number of ether oxygens (including phenoxy) is 2. The lowest BCUT2D eigenvalue weighted by Crippen LogP contribution is -2.05. The summed E-state index contributed by atoms with van der Waals surface area (Å²) in [6.45, 7) is 12.0. The van der Waals surface area contributed by atoms with Crippen molar-refractivity contribution >= 4 is 0 Å². The van der Waals surface area contributed by atoms with Crippen LogP contribution >= 0.6 is 0 Å². The Balaban J connectivity index is 1.71. The molecule has 41 heavy (non-hydrogen) atoms. The molecule has 0 aliphatic heterocycles. The lowest BCUT2D eigenvalue weighted by Gasteiger charge is -2.15. The lowest BCUT2D eigenvalue weighted by atomic mass is 10.0. The Labute approximate surface area is 246 Å². The minimum atomic E-state index is 0.599. The van der Waals surface area contributed by atoms with Gasteiger partial charge in [0.05, 0.1) is 18.8 Å². The highest BCUT2D eigenvalue weighted by Crippen LogP contribution is 2.35. The summed E-state index contributed by atoms with van der Waals surface area (Å²) >= 11 is 0. The van der Waals surface area contributed by atoms with Crippen LogP contribution in [0, 0.1) is 20.8 Å². The van der Waals surface area contributed by atoms with E-state index in [2.05, 4.69) is 65.0 Å². The van der Waals surface area contributed by atoms with E-state index in [-0.39, 0.29) is 0 Å². The molecule has 0 fully saturated rings. The van der Waals surface area contributed by atoms with E-state index in [1.807, 2.05) is 30.3 Å². The summed E-state index contributed by atoms with van der Waals surface area (Å²) in [5.41, 5.74) is 6.31. The summed E-state index contributed by atoms with van der Waals surface area (Å²) in [4.78, 5) is 15.0. The van der Waals surface area contributed by atoms with Crippen LogP contribution in [0.3, 0.4) is 0 Å². The average Bonchev–Trinajstić information content (AvgIpc) is 2.97. The zero-order valence-electron chi connectivity index (χ0n) is 25.5. The first-order valence-electron chi connectivity index (χ1n) is 15.3. The van der Waals surface area contributed by atoms with Crippen molar-refractivity contribution in [2.75, 3.05) is 13.2 Å². The molecule has 216 valence electrons. The molecular formula is C36H45N3O2. The number of aromatic nitrogens is 3. The van der Waals surface area contributed by atoms with E-state index in [0.717, 1.165) is 58.6 Å². The highest BCUT2D eigenvalue weighted by atomic mass is 16.5. The van der Waals surface area contributed by atoms with E-state index in [9.17, 15) is 0 Å². The van der Waals surface area contributed by atoms with Gasteiger partial charge in [-0.3, -0.25) is 0 Å². The fraction of sp³-hybridized carbons (Fsp3) is 0.417. The largest absolute Gasteiger partial charge is 0.493 e. The summed E-state index contributed by atoms with van der Waals surface area (Å²) < 4.78 is 12.5. The van der Waals surface area contributed by atoms with Crippen molar-refractivity contribution in [2.24, 2.45) is 0 Å². The number of rotatable bonds is 15. The first-order valence-corrected chi connectivity index (χ1v) is 15.3. The second-order valence-electron chi connectivity index (χ2n) is 10.9. The molecule has 1 aromatic heterocycles. The van der Waals surface area contributed by atoms with Gasteiger partial charge in [-0.2, -0.15) is 0 Å². The molecule has 0 amide bonds. The van der Waals surface area contributed by atoms with Crippen LogP contribution in [0.5, 0.6) is 11.5 Å². The van der Waals surface area contributed by atoms with Crippen molar-refractivity contribution in [3.8, 4) is 45.7 Å². The molecule has 4 aromatic rings. The fourth-order valence-electron chi connectivity index (χ4n) is 4.92. The van der Waals surface area contributed by atoms with Gasteiger partial charge >= 0.3 is 0 Å². The van der Waals surface area contributed by atoms with E-state index in [1.54, 1.807) is 0 Å². The normalized spacial score (nSPS) is 11.0. The lowest BCUT2D eigenvalue weighted by molar-refractivity contribution is 0.292. The molecule has 0 unspecified atom stereocenters. The Morgan fingerprint density at radius 3 is 1.85 bits per heavy atom. The third-order valence-corrected chi connectivity index (χ3v) is 7.36. The molecule has 0 atom stereocenters. The molecule has 0 spiro atoms. The minimum Gasteiger partial charge on any atom is -0.493 e. The average molecular weight is 552 g/mol. The van der Waals surface area contributed by atoms with Crippen molar-refractivity contribution < 1.29 is 9.47 Å². The molecule has 1 heterocycles. The molecule has 0 aliphatic carbocycles. The zero-order chi connectivity index (χ0) is 29.0. The number of aryl methyl sites for hydroxylation is 3. The highest BCUT2D eigenvalue weighted by molar-refractivity contribution is 5.72. The van der Waals surface area contributed by atoms with E-state index in [4.69, 9.17) is 24.4 Å². The first-order chi connectivity index (χ1) is 20.0. The van der Waals surface area contributed by atoms with Gasteiger partial charge in [-0.15, -0.1) is 0 Å². The molecule has 0 saturated heterocycles. The number of hydrogen-bond acceptors (Lipinski definition) is 5. The van der Waals surface area contributed by atoms with Gasteiger partial charge in [-0.1, -0.05) is 100 Å². The molecule has 0 radical (unpaired) electrons. The van der Waals surface area contributed by atoms with Crippen molar-refractivity contribution in [1.82, 2.24) is 15.0 Å². The molecule has 5 nitrogen and oxygen atoms in total. The van der Waals surface area contributed by atoms with Crippen LogP contribution in [0.15, 0.2) is 60.7 Å². The van der Waals surface area contributed by atoms with Gasteiger partial charge in [0, 0.05) is 17.2 Å². The van der Waals surface area contributed by atoms with Crippen LogP contribution in [0.4, 0.5) is 0 Å². The van der Waals surface area contributed by atoms with E-state index in [1.165, 1.54) is 37.7 Å². The second-order valence-corrected chi connectivity index (χ2v) is 10.9. The third kappa shape index (κ3) is 8.39. The Hall–Kier alpha value is -3.73. The predicted octanol–water partition coefficient (Wildman–Crippen LogP) is 9.72. The quantitative estimate of drug-likeness (QED) is 0.138. The van der Waals surface area contributed by atoms with Gasteiger partial charge in [-0.25, -0.2) is 15.0 Å². The molecule has 5 heteroatoms. The molecule has 0 bridgehead atoms. The van der Waals surface area contributed by atoms with Gasteiger partial charge in [0.25, 0.3) is 0 Å². The maximum absolute atomic E-state index is 6.32. The van der Waals surface area contributed by atoms with Crippen molar-refractivity contribution in [1.29, 1.82) is 0 Å². The Bertz CT molecular complexity index is 1420. The van der Waals surface area contributed by atoms with Crippen LogP contribution < -0.4 is 9.47 Å². The van der Waals surface area contributed by atoms with E-state index in [0.29, 0.717) is 30.7 Å². The predicted molar refractivity (Wildman–Crippen MR) is 170 cm³/mol. The summed E-state index contributed by atoms with van der Waals surface area (Å²) in [5.74, 6) is 3.48. The van der Waals surface area contributed by atoms with Crippen LogP contribution in [-0.4, -0.2) is 28.2 Å². The number of nitrogens with zero attached hydrogens (tertiary/aromatic N) is 3. The molecule has 4 rings (SSSR count). The van der Waals surface area contributed by atoms with Gasteiger partial charge in [0.1, 0.15) is 11.5 Å². The van der Waals surface area contributed by atoms with E-state index < -0.39 is 0 Å². The Kier molecular flexibility index (Phi) is 11.3. The summed E-state index contributed by atoms with van der Waals surface area (Å²) in [6.07, 6.45) is 9.45. The maximum Gasteiger partial charge on any atom is 0.167 e. The van der Waals surface area contributed by atoms with Gasteiger partial charge in [-0.05, 0) is 56.9 Å². The standard InChI is InChI=1S/C36H45N3O2/c1-6-8-10-11-12-15-23-40-29-19-21-32(33(25-29)41-22-9-7-2)36-38-34(30-17-14-13-16-27(30)4)37-35(39-36)31-20-18-26(3)24-28(31)5/h13-14,16-21,24-25H,6-12,15,22-23H2,1-5H3. The number of hydrogen-bond donors (Lipinski definition) is 0. The maximum atomic E-state index is 6.32. The van der Waals surface area contributed by atoms with Gasteiger partial charge in [0.15, 0.2) is 17.5 Å². The van der Waals surface area contributed by atoms with Gasteiger partial charge in [0.2, 0.25) is 0 Å². The van der Waals surface area contributed by atoms with Crippen molar-refractivity contribution in [3.05, 3.63) is 77.4 Å². The first kappa shape index (κ1) is 30.2. The molecule has 0 N–H and O–H groups in total. The molecule has 0 saturated carbocycles. The smallest absolute Gasteiger partial charge is 0.167 e. The number of unbranched alkanes of at least 4 members (excludes halogenated alkanes) is 6. The topological polar surface area (TPSA) is 57.1 Å². The summed E-state index contributed by atoms with van der Waals surface area (Å²) in [7, 11) is 0. The summed E-state index contributed by atoms with van der Waals surface area (Å²) in [6, 6.07) is 20.6. The molecule has 0 aliphatic rings. The zero-order valence-corrected chi connectivity index (χ0v) is 25.5. The molecule has 3 aromatic carbocycles. The monoisotopic (exact) mass is 551 g/mol. The van der Waals surface area contributed by atoms with Crippen LogP contribution in [0.2, 0.25) is 0 Å².